The lowest BCUT2D eigenvalue weighted by Crippen LogP contribution is -2.08. The standard InChI is InChI=1S/C15H10BrFN2O2/c16-13-11(5-2-6-12(13)19)15(20)21-8-10-4-1-3-9(7-18)14(10)17/h1-6H,8,19H2. The van der Waals surface area contributed by atoms with Gasteiger partial charge in [-0.25, -0.2) is 9.18 Å². The first-order chi connectivity index (χ1) is 10.0. The summed E-state index contributed by atoms with van der Waals surface area (Å²) >= 11 is 3.20. The largest absolute Gasteiger partial charge is 0.457 e. The minimum atomic E-state index is -0.681. The molecule has 0 saturated carbocycles. The van der Waals surface area contributed by atoms with Gasteiger partial charge in [0.25, 0.3) is 0 Å². The van der Waals surface area contributed by atoms with Crippen LogP contribution in [0.4, 0.5) is 10.1 Å². The van der Waals surface area contributed by atoms with E-state index in [0.29, 0.717) is 10.2 Å². The van der Waals surface area contributed by atoms with E-state index in [1.54, 1.807) is 24.3 Å². The molecule has 2 aromatic rings. The minimum Gasteiger partial charge on any atom is -0.457 e. The highest BCUT2D eigenvalue weighted by Crippen LogP contribution is 2.24. The highest BCUT2D eigenvalue weighted by molar-refractivity contribution is 9.10. The Kier molecular flexibility index (Phi) is 4.55. The van der Waals surface area contributed by atoms with Crippen LogP contribution < -0.4 is 5.73 Å². The van der Waals surface area contributed by atoms with E-state index in [0.717, 1.165) is 0 Å². The van der Waals surface area contributed by atoms with Crippen molar-refractivity contribution < 1.29 is 13.9 Å². The number of halogens is 2. The Hall–Kier alpha value is -2.39. The maximum absolute atomic E-state index is 13.8. The van der Waals surface area contributed by atoms with Gasteiger partial charge in [-0.05, 0) is 34.1 Å². The molecule has 6 heteroatoms. The van der Waals surface area contributed by atoms with Crippen LogP contribution >= 0.6 is 15.9 Å². The molecule has 2 rings (SSSR count). The van der Waals surface area contributed by atoms with Crippen molar-refractivity contribution in [3.63, 3.8) is 0 Å². The summed E-state index contributed by atoms with van der Waals surface area (Å²) in [5.74, 6) is -1.31. The number of rotatable bonds is 3. The molecule has 0 saturated heterocycles. The van der Waals surface area contributed by atoms with Crippen LogP contribution in [-0.2, 0) is 11.3 Å². The molecule has 4 nitrogen and oxygen atoms in total. The van der Waals surface area contributed by atoms with Gasteiger partial charge < -0.3 is 10.5 Å². The topological polar surface area (TPSA) is 76.1 Å². The second kappa shape index (κ2) is 6.37. The number of benzene rings is 2. The molecule has 0 radical (unpaired) electrons. The predicted octanol–water partition coefficient (Wildman–Crippen LogP) is 3.40. The summed E-state index contributed by atoms with van der Waals surface area (Å²) in [7, 11) is 0. The quantitative estimate of drug-likeness (QED) is 0.681. The van der Waals surface area contributed by atoms with Crippen molar-refractivity contribution in [2.75, 3.05) is 5.73 Å². The SMILES string of the molecule is N#Cc1cccc(COC(=O)c2cccc(N)c2Br)c1F. The number of nitrogens with zero attached hydrogens (tertiary/aromatic N) is 1. The lowest BCUT2D eigenvalue weighted by molar-refractivity contribution is 0.0468. The van der Waals surface area contributed by atoms with E-state index in [2.05, 4.69) is 15.9 Å². The van der Waals surface area contributed by atoms with Crippen molar-refractivity contribution >= 4 is 27.6 Å². The number of hydrogen-bond donors (Lipinski definition) is 1. The first kappa shape index (κ1) is 15.0. The molecule has 0 heterocycles. The molecule has 0 atom stereocenters. The molecule has 0 fully saturated rings. The van der Waals surface area contributed by atoms with Gasteiger partial charge in [-0.15, -0.1) is 0 Å². The van der Waals surface area contributed by atoms with E-state index in [1.165, 1.54) is 18.2 Å². The summed E-state index contributed by atoms with van der Waals surface area (Å²) in [5.41, 5.74) is 6.39. The van der Waals surface area contributed by atoms with Crippen molar-refractivity contribution in [1.82, 2.24) is 0 Å². The second-order valence-electron chi connectivity index (χ2n) is 4.18. The number of ether oxygens (including phenoxy) is 1. The fraction of sp³-hybridized carbons (Fsp3) is 0.0667. The van der Waals surface area contributed by atoms with E-state index >= 15 is 0 Å². The number of carbonyl (C=O) groups is 1. The van der Waals surface area contributed by atoms with Crippen LogP contribution in [0.1, 0.15) is 21.5 Å². The van der Waals surface area contributed by atoms with Crippen molar-refractivity contribution in [2.45, 2.75) is 6.61 Å². The molecule has 0 spiro atoms. The van der Waals surface area contributed by atoms with E-state index < -0.39 is 11.8 Å². The lowest BCUT2D eigenvalue weighted by Gasteiger charge is -2.08. The Morgan fingerprint density at radius 1 is 1.33 bits per heavy atom. The third-order valence-electron chi connectivity index (χ3n) is 2.81. The van der Waals surface area contributed by atoms with Crippen molar-refractivity contribution in [2.24, 2.45) is 0 Å². The number of nitrogen functional groups attached to an aromatic ring is 1. The summed E-state index contributed by atoms with van der Waals surface area (Å²) in [6.45, 7) is -0.262. The van der Waals surface area contributed by atoms with Gasteiger partial charge in [0, 0.05) is 11.3 Å². The Labute approximate surface area is 129 Å². The van der Waals surface area contributed by atoms with Gasteiger partial charge in [0.05, 0.1) is 15.6 Å². The van der Waals surface area contributed by atoms with Crippen LogP contribution in [-0.4, -0.2) is 5.97 Å². The Morgan fingerprint density at radius 2 is 2.05 bits per heavy atom. The van der Waals surface area contributed by atoms with Gasteiger partial charge in [-0.2, -0.15) is 5.26 Å². The van der Waals surface area contributed by atoms with Gasteiger partial charge in [0.15, 0.2) is 0 Å². The van der Waals surface area contributed by atoms with Gasteiger partial charge in [-0.1, -0.05) is 18.2 Å². The normalized spacial score (nSPS) is 9.95. The highest BCUT2D eigenvalue weighted by Gasteiger charge is 2.15. The summed E-state index contributed by atoms with van der Waals surface area (Å²) < 4.78 is 19.3. The van der Waals surface area contributed by atoms with Crippen LogP contribution in [0.2, 0.25) is 0 Å². The average Bonchev–Trinajstić information content (AvgIpc) is 2.48. The smallest absolute Gasteiger partial charge is 0.339 e. The molecule has 2 aromatic carbocycles. The molecule has 106 valence electrons. The molecule has 0 bridgehead atoms. The van der Waals surface area contributed by atoms with E-state index in [-0.39, 0.29) is 23.3 Å². The predicted molar refractivity (Wildman–Crippen MR) is 78.8 cm³/mol. The van der Waals surface area contributed by atoms with Crippen molar-refractivity contribution in [3.8, 4) is 6.07 Å². The minimum absolute atomic E-state index is 0.0892. The molecule has 0 aliphatic heterocycles. The summed E-state index contributed by atoms with van der Waals surface area (Å²) in [6.07, 6.45) is 0. The van der Waals surface area contributed by atoms with Gasteiger partial charge in [-0.3, -0.25) is 0 Å². The second-order valence-corrected chi connectivity index (χ2v) is 4.97. The number of esters is 1. The molecule has 2 N–H and O–H groups in total. The zero-order valence-corrected chi connectivity index (χ0v) is 12.4. The first-order valence-corrected chi connectivity index (χ1v) is 6.72. The zero-order chi connectivity index (χ0) is 15.4. The number of nitriles is 1. The third kappa shape index (κ3) is 3.20. The van der Waals surface area contributed by atoms with E-state index in [4.69, 9.17) is 15.7 Å². The van der Waals surface area contributed by atoms with Gasteiger partial charge in [0.2, 0.25) is 0 Å². The van der Waals surface area contributed by atoms with Crippen molar-refractivity contribution in [3.05, 3.63) is 63.4 Å². The third-order valence-corrected chi connectivity index (χ3v) is 3.69. The molecule has 0 aliphatic carbocycles. The summed E-state index contributed by atoms with van der Waals surface area (Å²) in [4.78, 5) is 12.0. The molecule has 21 heavy (non-hydrogen) atoms. The molecule has 0 amide bonds. The monoisotopic (exact) mass is 348 g/mol. The van der Waals surface area contributed by atoms with E-state index in [1.807, 2.05) is 0 Å². The highest BCUT2D eigenvalue weighted by atomic mass is 79.9. The molecular formula is C15H10BrFN2O2. The zero-order valence-electron chi connectivity index (χ0n) is 10.8. The fourth-order valence-electron chi connectivity index (χ4n) is 1.71. The summed E-state index contributed by atoms with van der Waals surface area (Å²) in [5, 5.41) is 8.75. The lowest BCUT2D eigenvalue weighted by atomic mass is 10.1. The number of anilines is 1. The Morgan fingerprint density at radius 3 is 2.76 bits per heavy atom. The van der Waals surface area contributed by atoms with Crippen LogP contribution in [0, 0.1) is 17.1 Å². The van der Waals surface area contributed by atoms with Crippen LogP contribution in [0.5, 0.6) is 0 Å². The van der Waals surface area contributed by atoms with Crippen LogP contribution in [0.25, 0.3) is 0 Å². The van der Waals surface area contributed by atoms with Crippen LogP contribution in [0.15, 0.2) is 40.9 Å². The molecule has 0 unspecified atom stereocenters. The molecule has 0 aromatic heterocycles. The first-order valence-electron chi connectivity index (χ1n) is 5.93. The Balaban J connectivity index is 2.16. The number of hydrogen-bond acceptors (Lipinski definition) is 4. The maximum Gasteiger partial charge on any atom is 0.339 e. The maximum atomic E-state index is 13.8. The molecular weight excluding hydrogens is 339 g/mol. The molecule has 0 aliphatic rings. The number of nitrogens with two attached hydrogens (primary N) is 1. The average molecular weight is 349 g/mol. The van der Waals surface area contributed by atoms with Crippen LogP contribution in [0.3, 0.4) is 0 Å². The fourth-order valence-corrected chi connectivity index (χ4v) is 2.13. The summed E-state index contributed by atoms with van der Waals surface area (Å²) in [6, 6.07) is 10.9. The van der Waals surface area contributed by atoms with Crippen molar-refractivity contribution in [1.29, 1.82) is 5.26 Å². The van der Waals surface area contributed by atoms with E-state index in [9.17, 15) is 9.18 Å². The van der Waals surface area contributed by atoms with Gasteiger partial charge >= 0.3 is 5.97 Å². The Bertz CT molecular complexity index is 741. The van der Waals surface area contributed by atoms with Gasteiger partial charge in [0.1, 0.15) is 18.5 Å². The number of carbonyl (C=O) groups excluding carboxylic acids is 1.